The molecule has 0 aliphatic carbocycles. The third-order valence-corrected chi connectivity index (χ3v) is 3.25. The van der Waals surface area contributed by atoms with Gasteiger partial charge in [0.05, 0.1) is 11.3 Å². The molecule has 0 radical (unpaired) electrons. The quantitative estimate of drug-likeness (QED) is 0.640. The predicted molar refractivity (Wildman–Crippen MR) is 76.3 cm³/mol. The van der Waals surface area contributed by atoms with E-state index >= 15 is 0 Å². The number of carboxylic acids is 1. The van der Waals surface area contributed by atoms with E-state index in [0.717, 1.165) is 0 Å². The summed E-state index contributed by atoms with van der Waals surface area (Å²) >= 11 is 0. The number of aryl methyl sites for hydroxylation is 1. The normalized spacial score (nSPS) is 11.8. The average molecular weight is 294 g/mol. The molecule has 7 heteroatoms. The molecule has 0 aliphatic heterocycles. The fourth-order valence-corrected chi connectivity index (χ4v) is 2.25. The molecule has 0 aliphatic rings. The van der Waals surface area contributed by atoms with E-state index in [0.29, 0.717) is 5.56 Å². The number of hydrogen-bond donors (Lipinski definition) is 1. The average Bonchev–Trinajstić information content (AvgIpc) is 2.37. The molecular formula is C14H18N2O5. The van der Waals surface area contributed by atoms with Gasteiger partial charge in [-0.3, -0.25) is 19.7 Å². The molecule has 1 aromatic rings. The second-order valence-electron chi connectivity index (χ2n) is 4.77. The van der Waals surface area contributed by atoms with E-state index in [1.807, 2.05) is 0 Å². The molecule has 0 saturated carbocycles. The topological polar surface area (TPSA) is 101 Å². The SMILES string of the molecule is CCN(C(=O)c1cccc(C)c1[N+](=O)[O-])C(C)CC(=O)O. The zero-order valence-electron chi connectivity index (χ0n) is 12.2. The molecule has 1 aromatic carbocycles. The minimum atomic E-state index is -1.02. The van der Waals surface area contributed by atoms with E-state index < -0.39 is 22.8 Å². The van der Waals surface area contributed by atoms with Crippen LogP contribution < -0.4 is 0 Å². The van der Waals surface area contributed by atoms with Crippen LogP contribution in [0.3, 0.4) is 0 Å². The first kappa shape index (κ1) is 16.6. The Morgan fingerprint density at radius 2 is 2.05 bits per heavy atom. The Kier molecular flexibility index (Phi) is 5.40. The van der Waals surface area contributed by atoms with Gasteiger partial charge in [-0.25, -0.2) is 0 Å². The molecule has 0 bridgehead atoms. The summed E-state index contributed by atoms with van der Waals surface area (Å²) in [6.45, 7) is 5.15. The maximum atomic E-state index is 12.5. The lowest BCUT2D eigenvalue weighted by molar-refractivity contribution is -0.385. The van der Waals surface area contributed by atoms with Gasteiger partial charge in [-0.05, 0) is 26.8 Å². The zero-order chi connectivity index (χ0) is 16.2. The molecule has 7 nitrogen and oxygen atoms in total. The first-order valence-electron chi connectivity index (χ1n) is 6.56. The van der Waals surface area contributed by atoms with Crippen molar-refractivity contribution in [2.75, 3.05) is 6.54 Å². The van der Waals surface area contributed by atoms with E-state index in [1.54, 1.807) is 32.9 Å². The number of amides is 1. The number of nitro groups is 1. The highest BCUT2D eigenvalue weighted by Crippen LogP contribution is 2.25. The van der Waals surface area contributed by atoms with Gasteiger partial charge in [-0.15, -0.1) is 0 Å². The summed E-state index contributed by atoms with van der Waals surface area (Å²) in [4.78, 5) is 35.2. The summed E-state index contributed by atoms with van der Waals surface area (Å²) in [5, 5.41) is 20.0. The molecule has 0 fully saturated rings. The molecule has 0 aromatic heterocycles. The number of carbonyl (C=O) groups excluding carboxylic acids is 1. The van der Waals surface area contributed by atoms with Crippen LogP contribution in [0.4, 0.5) is 5.69 Å². The van der Waals surface area contributed by atoms with Crippen LogP contribution in [-0.2, 0) is 4.79 Å². The first-order chi connectivity index (χ1) is 9.79. The van der Waals surface area contributed by atoms with Crippen molar-refractivity contribution in [2.24, 2.45) is 0 Å². The lowest BCUT2D eigenvalue weighted by atomic mass is 10.1. The zero-order valence-corrected chi connectivity index (χ0v) is 12.2. The van der Waals surface area contributed by atoms with Crippen LogP contribution in [0.5, 0.6) is 0 Å². The number of aliphatic carboxylic acids is 1. The molecular weight excluding hydrogens is 276 g/mol. The van der Waals surface area contributed by atoms with Gasteiger partial charge in [0, 0.05) is 18.2 Å². The van der Waals surface area contributed by atoms with E-state index in [1.165, 1.54) is 11.0 Å². The largest absolute Gasteiger partial charge is 0.481 e. The highest BCUT2D eigenvalue weighted by atomic mass is 16.6. The van der Waals surface area contributed by atoms with Gasteiger partial charge in [0.1, 0.15) is 5.56 Å². The van der Waals surface area contributed by atoms with Crippen LogP contribution in [-0.4, -0.2) is 39.4 Å². The lowest BCUT2D eigenvalue weighted by Crippen LogP contribution is -2.40. The maximum Gasteiger partial charge on any atom is 0.305 e. The molecule has 0 spiro atoms. The van der Waals surface area contributed by atoms with Crippen molar-refractivity contribution < 1.29 is 19.6 Å². The summed E-state index contributed by atoms with van der Waals surface area (Å²) in [6, 6.07) is 3.99. The highest BCUT2D eigenvalue weighted by molar-refractivity contribution is 5.99. The number of carbonyl (C=O) groups is 2. The lowest BCUT2D eigenvalue weighted by Gasteiger charge is -2.27. The summed E-state index contributed by atoms with van der Waals surface area (Å²) in [6.07, 6.45) is -0.209. The van der Waals surface area contributed by atoms with E-state index in [9.17, 15) is 19.7 Å². The monoisotopic (exact) mass is 294 g/mol. The molecule has 1 N–H and O–H groups in total. The van der Waals surface area contributed by atoms with Crippen molar-refractivity contribution in [3.05, 3.63) is 39.4 Å². The van der Waals surface area contributed by atoms with Crippen LogP contribution in [0.2, 0.25) is 0 Å². The Morgan fingerprint density at radius 3 is 2.52 bits per heavy atom. The van der Waals surface area contributed by atoms with Gasteiger partial charge in [-0.2, -0.15) is 0 Å². The third-order valence-electron chi connectivity index (χ3n) is 3.25. The van der Waals surface area contributed by atoms with Gasteiger partial charge in [0.2, 0.25) is 0 Å². The molecule has 1 amide bonds. The number of nitrogens with zero attached hydrogens (tertiary/aromatic N) is 2. The second-order valence-corrected chi connectivity index (χ2v) is 4.77. The van der Waals surface area contributed by atoms with Crippen molar-refractivity contribution in [3.8, 4) is 0 Å². The molecule has 21 heavy (non-hydrogen) atoms. The summed E-state index contributed by atoms with van der Waals surface area (Å²) in [7, 11) is 0. The molecule has 0 heterocycles. The maximum absolute atomic E-state index is 12.5. The molecule has 114 valence electrons. The Labute approximate surface area is 122 Å². The summed E-state index contributed by atoms with van der Waals surface area (Å²) < 4.78 is 0. The van der Waals surface area contributed by atoms with E-state index in [-0.39, 0.29) is 24.2 Å². The van der Waals surface area contributed by atoms with Gasteiger partial charge in [0.25, 0.3) is 11.6 Å². The predicted octanol–water partition coefficient (Wildman–Crippen LogP) is 2.23. The number of rotatable bonds is 6. The summed E-state index contributed by atoms with van der Waals surface area (Å²) in [5.41, 5.74) is 0.148. The Balaban J connectivity index is 3.20. The van der Waals surface area contributed by atoms with Crippen molar-refractivity contribution >= 4 is 17.6 Å². The Bertz CT molecular complexity index is 570. The molecule has 0 saturated heterocycles. The van der Waals surface area contributed by atoms with Crippen molar-refractivity contribution in [3.63, 3.8) is 0 Å². The number of nitro benzene ring substituents is 1. The standard InChI is InChI=1S/C14H18N2O5/c1-4-15(10(3)8-12(17)18)14(19)11-7-5-6-9(2)13(11)16(20)21/h5-7,10H,4,8H2,1-3H3,(H,17,18). The van der Waals surface area contributed by atoms with Gasteiger partial charge in [0.15, 0.2) is 0 Å². The van der Waals surface area contributed by atoms with Crippen molar-refractivity contribution in [1.29, 1.82) is 0 Å². The third kappa shape index (κ3) is 3.77. The Hall–Kier alpha value is -2.44. The van der Waals surface area contributed by atoms with Crippen molar-refractivity contribution in [2.45, 2.75) is 33.2 Å². The fraction of sp³-hybridized carbons (Fsp3) is 0.429. The van der Waals surface area contributed by atoms with Crippen LogP contribution in [0.15, 0.2) is 18.2 Å². The number of para-hydroxylation sites is 1. The molecule has 1 atom stereocenters. The fourth-order valence-electron chi connectivity index (χ4n) is 2.25. The minimum Gasteiger partial charge on any atom is -0.481 e. The van der Waals surface area contributed by atoms with Crippen LogP contribution in [0.1, 0.15) is 36.2 Å². The van der Waals surface area contributed by atoms with Gasteiger partial charge >= 0.3 is 5.97 Å². The smallest absolute Gasteiger partial charge is 0.305 e. The Morgan fingerprint density at radius 1 is 1.43 bits per heavy atom. The van der Waals surface area contributed by atoms with Crippen molar-refractivity contribution in [1.82, 2.24) is 4.90 Å². The van der Waals surface area contributed by atoms with Gasteiger partial charge in [-0.1, -0.05) is 12.1 Å². The minimum absolute atomic E-state index is 0.0147. The van der Waals surface area contributed by atoms with E-state index in [2.05, 4.69) is 0 Å². The summed E-state index contributed by atoms with van der Waals surface area (Å²) in [5.74, 6) is -1.55. The number of carboxylic acid groups (broad SMARTS) is 1. The van der Waals surface area contributed by atoms with E-state index in [4.69, 9.17) is 5.11 Å². The van der Waals surface area contributed by atoms with Crippen LogP contribution in [0, 0.1) is 17.0 Å². The first-order valence-corrected chi connectivity index (χ1v) is 6.56. The van der Waals surface area contributed by atoms with Crippen LogP contribution in [0.25, 0.3) is 0 Å². The second kappa shape index (κ2) is 6.83. The highest BCUT2D eigenvalue weighted by Gasteiger charge is 2.28. The van der Waals surface area contributed by atoms with Gasteiger partial charge < -0.3 is 10.0 Å². The number of hydrogen-bond acceptors (Lipinski definition) is 4. The molecule has 1 rings (SSSR count). The number of benzene rings is 1. The van der Waals surface area contributed by atoms with Crippen LogP contribution >= 0.6 is 0 Å². The molecule has 1 unspecified atom stereocenters.